The summed E-state index contributed by atoms with van der Waals surface area (Å²) in [6.45, 7) is 6.77. The van der Waals surface area contributed by atoms with Crippen LogP contribution in [-0.2, 0) is 19.6 Å². The zero-order chi connectivity index (χ0) is 20.3. The van der Waals surface area contributed by atoms with E-state index in [0.717, 1.165) is 22.4 Å². The Balaban J connectivity index is 1.86. The average Bonchev–Trinajstić information content (AvgIpc) is 2.63. The molecule has 0 bridgehead atoms. The van der Waals surface area contributed by atoms with Gasteiger partial charge in [0, 0.05) is 6.54 Å². The lowest BCUT2D eigenvalue weighted by atomic mass is 10.1. The average molecular weight is 416 g/mol. The highest BCUT2D eigenvalue weighted by molar-refractivity contribution is 6.34. The van der Waals surface area contributed by atoms with Gasteiger partial charge in [0.1, 0.15) is 17.4 Å². The Hall–Kier alpha value is -2.23. The highest BCUT2D eigenvalue weighted by Gasteiger charge is 2.14. The van der Waals surface area contributed by atoms with Crippen molar-refractivity contribution in [2.45, 2.75) is 40.3 Å². The molecule has 0 aliphatic carbocycles. The number of hydrogen-bond acceptors (Lipinski definition) is 2. The summed E-state index contributed by atoms with van der Waals surface area (Å²) < 4.78 is 7.57. The van der Waals surface area contributed by atoms with Crippen molar-refractivity contribution in [3.8, 4) is 5.75 Å². The molecular formula is C23H23Cl2NO2. The molecule has 0 atom stereocenters. The van der Waals surface area contributed by atoms with Gasteiger partial charge < -0.3 is 9.30 Å². The lowest BCUT2D eigenvalue weighted by Crippen LogP contribution is -2.26. The van der Waals surface area contributed by atoms with Gasteiger partial charge in [-0.15, -0.1) is 0 Å². The second-order valence-electron chi connectivity index (χ2n) is 7.09. The van der Waals surface area contributed by atoms with E-state index >= 15 is 0 Å². The summed E-state index contributed by atoms with van der Waals surface area (Å²) in [5.41, 5.74) is 4.96. The highest BCUT2D eigenvalue weighted by Crippen LogP contribution is 2.22. The van der Waals surface area contributed by atoms with Gasteiger partial charge in [0.25, 0.3) is 5.56 Å². The third-order valence-corrected chi connectivity index (χ3v) is 5.22. The largest absolute Gasteiger partial charge is 0.487 e. The minimum absolute atomic E-state index is 0.115. The molecule has 5 heteroatoms. The standard InChI is InChI=1S/C23H23Cl2NO2/c1-15-4-6-18(7-5-15)8-9-26-22(20(24)13-21(25)23(26)27)14-28-19-11-16(2)10-17(3)12-19/h4-7,10-13H,8-9,14H2,1-3H3. The third-order valence-electron chi connectivity index (χ3n) is 4.62. The molecule has 0 amide bonds. The Kier molecular flexibility index (Phi) is 6.48. The van der Waals surface area contributed by atoms with Crippen molar-refractivity contribution in [3.05, 3.63) is 96.9 Å². The smallest absolute Gasteiger partial charge is 0.269 e. The van der Waals surface area contributed by atoms with Gasteiger partial charge in [0.15, 0.2) is 0 Å². The van der Waals surface area contributed by atoms with E-state index in [9.17, 15) is 4.79 Å². The second kappa shape index (κ2) is 8.85. The minimum atomic E-state index is -0.253. The van der Waals surface area contributed by atoms with Gasteiger partial charge in [-0.05, 0) is 62.1 Å². The van der Waals surface area contributed by atoms with Crippen molar-refractivity contribution in [1.29, 1.82) is 0 Å². The molecule has 1 heterocycles. The molecule has 0 saturated carbocycles. The normalized spacial score (nSPS) is 10.9. The van der Waals surface area contributed by atoms with Crippen LogP contribution in [0.4, 0.5) is 0 Å². The molecule has 0 aliphatic rings. The molecule has 1 aromatic heterocycles. The van der Waals surface area contributed by atoms with Crippen LogP contribution in [0, 0.1) is 20.8 Å². The van der Waals surface area contributed by atoms with E-state index < -0.39 is 0 Å². The topological polar surface area (TPSA) is 31.2 Å². The predicted molar refractivity (Wildman–Crippen MR) is 116 cm³/mol. The quantitative estimate of drug-likeness (QED) is 0.501. The maximum atomic E-state index is 12.7. The zero-order valence-electron chi connectivity index (χ0n) is 16.3. The lowest BCUT2D eigenvalue weighted by Gasteiger charge is -2.16. The minimum Gasteiger partial charge on any atom is -0.487 e. The van der Waals surface area contributed by atoms with Crippen LogP contribution in [0.2, 0.25) is 10.0 Å². The molecule has 0 unspecified atom stereocenters. The van der Waals surface area contributed by atoms with Crippen LogP contribution in [0.15, 0.2) is 53.3 Å². The van der Waals surface area contributed by atoms with E-state index in [1.807, 2.05) is 32.9 Å². The first-order valence-corrected chi connectivity index (χ1v) is 9.93. The molecule has 3 rings (SSSR count). The summed E-state index contributed by atoms with van der Waals surface area (Å²) in [6.07, 6.45) is 0.702. The van der Waals surface area contributed by atoms with Gasteiger partial charge >= 0.3 is 0 Å². The Morgan fingerprint density at radius 1 is 0.857 bits per heavy atom. The molecule has 0 fully saturated rings. The SMILES string of the molecule is Cc1ccc(CCn2c(COc3cc(C)cc(C)c3)c(Cl)cc(Cl)c2=O)cc1. The number of rotatable bonds is 6. The van der Waals surface area contributed by atoms with Crippen molar-refractivity contribution < 1.29 is 4.74 Å². The number of aromatic nitrogens is 1. The fraction of sp³-hybridized carbons (Fsp3) is 0.261. The monoisotopic (exact) mass is 415 g/mol. The number of benzene rings is 2. The summed E-state index contributed by atoms with van der Waals surface area (Å²) in [4.78, 5) is 12.7. The summed E-state index contributed by atoms with van der Waals surface area (Å²) in [6, 6.07) is 15.8. The van der Waals surface area contributed by atoms with Gasteiger partial charge in [-0.25, -0.2) is 0 Å². The summed E-state index contributed by atoms with van der Waals surface area (Å²) in [5, 5.41) is 0.543. The van der Waals surface area contributed by atoms with Crippen LogP contribution in [0.25, 0.3) is 0 Å². The summed E-state index contributed by atoms with van der Waals surface area (Å²) >= 11 is 12.5. The second-order valence-corrected chi connectivity index (χ2v) is 7.91. The first kappa shape index (κ1) is 20.5. The van der Waals surface area contributed by atoms with E-state index in [2.05, 4.69) is 30.3 Å². The molecule has 0 spiro atoms. The number of hydrogen-bond donors (Lipinski definition) is 0. The third kappa shape index (κ3) is 4.98. The van der Waals surface area contributed by atoms with Crippen molar-refractivity contribution in [2.24, 2.45) is 0 Å². The van der Waals surface area contributed by atoms with Crippen LogP contribution in [-0.4, -0.2) is 4.57 Å². The van der Waals surface area contributed by atoms with Gasteiger partial charge in [-0.1, -0.05) is 59.1 Å². The van der Waals surface area contributed by atoms with Crippen LogP contribution in [0.3, 0.4) is 0 Å². The van der Waals surface area contributed by atoms with E-state index in [-0.39, 0.29) is 17.2 Å². The van der Waals surface area contributed by atoms with Crippen LogP contribution < -0.4 is 10.3 Å². The van der Waals surface area contributed by atoms with Crippen molar-refractivity contribution >= 4 is 23.2 Å². The molecule has 3 aromatic rings. The number of nitrogens with zero attached hydrogens (tertiary/aromatic N) is 1. The molecule has 0 radical (unpaired) electrons. The Morgan fingerprint density at radius 3 is 2.14 bits per heavy atom. The van der Waals surface area contributed by atoms with Gasteiger partial charge in [0.2, 0.25) is 0 Å². The Bertz CT molecular complexity index is 1020. The maximum Gasteiger partial charge on any atom is 0.269 e. The van der Waals surface area contributed by atoms with E-state index in [0.29, 0.717) is 23.7 Å². The number of halogens is 2. The van der Waals surface area contributed by atoms with E-state index in [4.69, 9.17) is 27.9 Å². The Labute approximate surface area is 175 Å². The highest BCUT2D eigenvalue weighted by atomic mass is 35.5. The molecule has 28 heavy (non-hydrogen) atoms. The number of aryl methyl sites for hydroxylation is 4. The molecular weight excluding hydrogens is 393 g/mol. The molecule has 0 saturated heterocycles. The molecule has 3 nitrogen and oxygen atoms in total. The Morgan fingerprint density at radius 2 is 1.50 bits per heavy atom. The molecule has 2 aromatic carbocycles. The van der Waals surface area contributed by atoms with Crippen molar-refractivity contribution in [3.63, 3.8) is 0 Å². The van der Waals surface area contributed by atoms with Crippen molar-refractivity contribution in [1.82, 2.24) is 4.57 Å². The lowest BCUT2D eigenvalue weighted by molar-refractivity contribution is 0.292. The fourth-order valence-corrected chi connectivity index (χ4v) is 3.72. The van der Waals surface area contributed by atoms with E-state index in [1.54, 1.807) is 4.57 Å². The summed E-state index contributed by atoms with van der Waals surface area (Å²) in [7, 11) is 0. The van der Waals surface area contributed by atoms with E-state index in [1.165, 1.54) is 11.6 Å². The zero-order valence-corrected chi connectivity index (χ0v) is 17.8. The number of pyridine rings is 1. The molecule has 0 aliphatic heterocycles. The van der Waals surface area contributed by atoms with Crippen LogP contribution >= 0.6 is 23.2 Å². The first-order valence-electron chi connectivity index (χ1n) is 9.18. The molecule has 0 N–H and O–H groups in total. The summed E-state index contributed by atoms with van der Waals surface area (Å²) in [5.74, 6) is 0.751. The van der Waals surface area contributed by atoms with Crippen LogP contribution in [0.1, 0.15) is 27.9 Å². The number of ether oxygens (including phenoxy) is 1. The fourth-order valence-electron chi connectivity index (χ4n) is 3.18. The van der Waals surface area contributed by atoms with Crippen LogP contribution in [0.5, 0.6) is 5.75 Å². The van der Waals surface area contributed by atoms with Gasteiger partial charge in [-0.2, -0.15) is 0 Å². The first-order chi connectivity index (χ1) is 13.3. The predicted octanol–water partition coefficient (Wildman–Crippen LogP) is 5.90. The van der Waals surface area contributed by atoms with Gasteiger partial charge in [-0.3, -0.25) is 4.79 Å². The molecule has 146 valence electrons. The maximum absolute atomic E-state index is 12.7. The van der Waals surface area contributed by atoms with Crippen molar-refractivity contribution in [2.75, 3.05) is 0 Å². The van der Waals surface area contributed by atoms with Gasteiger partial charge in [0.05, 0.1) is 10.7 Å².